The number of hydrogen-bond acceptors (Lipinski definition) is 4. The van der Waals surface area contributed by atoms with E-state index in [0.717, 1.165) is 24.3 Å². The molecule has 0 saturated heterocycles. The molecular weight excluding hydrogens is 318 g/mol. The molecule has 24 heavy (non-hydrogen) atoms. The van der Waals surface area contributed by atoms with Gasteiger partial charge in [-0.3, -0.25) is 9.63 Å². The van der Waals surface area contributed by atoms with Gasteiger partial charge in [0.15, 0.2) is 0 Å². The first-order chi connectivity index (χ1) is 10.6. The van der Waals surface area contributed by atoms with E-state index in [2.05, 4.69) is 6.92 Å². The van der Waals surface area contributed by atoms with Crippen molar-refractivity contribution in [3.8, 4) is 5.75 Å². The Labute approximate surface area is 141 Å². The standard InChI is InChI=1S/C16H23NO5.2H2O/c1-2-3-4-5-6-7-10-22-17(12-18)13-8-9-14(16(20)21)15(19)11-13;;/h8-9,11-12,19H,2-7,10H2,1H3,(H,20,21);2*1H2. The van der Waals surface area contributed by atoms with Crippen LogP contribution in [0.4, 0.5) is 5.69 Å². The largest absolute Gasteiger partial charge is 0.507 e. The van der Waals surface area contributed by atoms with Crippen LogP contribution < -0.4 is 5.06 Å². The van der Waals surface area contributed by atoms with Crippen LogP contribution in [0.15, 0.2) is 18.2 Å². The Morgan fingerprint density at radius 3 is 2.33 bits per heavy atom. The van der Waals surface area contributed by atoms with E-state index in [1.165, 1.54) is 37.5 Å². The third-order valence-electron chi connectivity index (χ3n) is 3.29. The lowest BCUT2D eigenvalue weighted by Crippen LogP contribution is -2.22. The van der Waals surface area contributed by atoms with Crippen LogP contribution in [0.5, 0.6) is 5.75 Å². The molecule has 0 aliphatic heterocycles. The smallest absolute Gasteiger partial charge is 0.339 e. The van der Waals surface area contributed by atoms with Crippen molar-refractivity contribution in [2.24, 2.45) is 0 Å². The molecule has 1 rings (SSSR count). The van der Waals surface area contributed by atoms with Crippen molar-refractivity contribution in [2.45, 2.75) is 45.4 Å². The molecule has 0 bridgehead atoms. The Morgan fingerprint density at radius 2 is 1.79 bits per heavy atom. The van der Waals surface area contributed by atoms with Crippen LogP contribution in [0, 0.1) is 0 Å². The van der Waals surface area contributed by atoms with Crippen molar-refractivity contribution in [1.29, 1.82) is 0 Å². The van der Waals surface area contributed by atoms with Gasteiger partial charge in [0.25, 0.3) is 0 Å². The summed E-state index contributed by atoms with van der Waals surface area (Å²) in [5.41, 5.74) is 0.0778. The first-order valence-electron chi connectivity index (χ1n) is 7.54. The zero-order valence-corrected chi connectivity index (χ0v) is 13.8. The van der Waals surface area contributed by atoms with E-state index in [-0.39, 0.29) is 16.5 Å². The minimum absolute atomic E-state index is 0. The number of aromatic carboxylic acids is 1. The summed E-state index contributed by atoms with van der Waals surface area (Å²) in [7, 11) is 0. The van der Waals surface area contributed by atoms with Crippen molar-refractivity contribution in [3.63, 3.8) is 0 Å². The van der Waals surface area contributed by atoms with Crippen LogP contribution in [-0.2, 0) is 9.63 Å². The summed E-state index contributed by atoms with van der Waals surface area (Å²) in [6.45, 7) is 2.56. The lowest BCUT2D eigenvalue weighted by atomic mass is 10.1. The Hall–Kier alpha value is -2.16. The van der Waals surface area contributed by atoms with E-state index >= 15 is 0 Å². The molecule has 0 spiro atoms. The number of hydrogen-bond donors (Lipinski definition) is 2. The third kappa shape index (κ3) is 7.91. The molecule has 0 radical (unpaired) electrons. The number of hydroxylamine groups is 1. The maximum Gasteiger partial charge on any atom is 0.339 e. The molecule has 1 aromatic carbocycles. The number of phenols is 1. The van der Waals surface area contributed by atoms with Gasteiger partial charge in [-0.25, -0.2) is 4.79 Å². The Kier molecular flexibility index (Phi) is 13.3. The topological polar surface area (TPSA) is 150 Å². The molecule has 0 aliphatic rings. The molecule has 138 valence electrons. The average molecular weight is 345 g/mol. The van der Waals surface area contributed by atoms with Crippen LogP contribution in [0.1, 0.15) is 55.8 Å². The van der Waals surface area contributed by atoms with Crippen LogP contribution in [-0.4, -0.2) is 40.2 Å². The quantitative estimate of drug-likeness (QED) is 0.355. The molecule has 0 atom stereocenters. The number of carboxylic acid groups (broad SMARTS) is 1. The van der Waals surface area contributed by atoms with Crippen LogP contribution in [0.25, 0.3) is 0 Å². The minimum atomic E-state index is -1.23. The summed E-state index contributed by atoms with van der Waals surface area (Å²) in [4.78, 5) is 27.2. The number of carbonyl (C=O) groups is 2. The van der Waals surface area contributed by atoms with Crippen LogP contribution in [0.3, 0.4) is 0 Å². The fraction of sp³-hybridized carbons (Fsp3) is 0.500. The Bertz CT molecular complexity index is 493. The maximum absolute atomic E-state index is 11.0. The van der Waals surface area contributed by atoms with Gasteiger partial charge in [0, 0.05) is 6.07 Å². The van der Waals surface area contributed by atoms with E-state index in [4.69, 9.17) is 9.94 Å². The molecule has 0 fully saturated rings. The highest BCUT2D eigenvalue weighted by Crippen LogP contribution is 2.24. The second kappa shape index (κ2) is 13.3. The first-order valence-corrected chi connectivity index (χ1v) is 7.54. The first kappa shape index (κ1) is 24.1. The summed E-state index contributed by atoms with van der Waals surface area (Å²) < 4.78 is 0. The van der Waals surface area contributed by atoms with Crippen molar-refractivity contribution < 1.29 is 35.6 Å². The highest BCUT2D eigenvalue weighted by atomic mass is 16.7. The number of aromatic hydroxyl groups is 1. The molecule has 8 heteroatoms. The van der Waals surface area contributed by atoms with Gasteiger partial charge in [0.05, 0.1) is 12.3 Å². The molecule has 0 unspecified atom stereocenters. The molecule has 6 N–H and O–H groups in total. The molecule has 1 aromatic rings. The second-order valence-electron chi connectivity index (χ2n) is 5.04. The molecule has 0 aliphatic carbocycles. The number of anilines is 1. The van der Waals surface area contributed by atoms with Gasteiger partial charge in [-0.1, -0.05) is 39.0 Å². The Balaban J connectivity index is 0. The number of unbranched alkanes of at least 4 members (excludes halogenated alkanes) is 5. The van der Waals surface area contributed by atoms with Gasteiger partial charge < -0.3 is 21.2 Å². The number of nitrogens with zero attached hydrogens (tertiary/aromatic N) is 1. The second-order valence-corrected chi connectivity index (χ2v) is 5.04. The van der Waals surface area contributed by atoms with Gasteiger partial charge in [-0.05, 0) is 18.6 Å². The summed E-state index contributed by atoms with van der Waals surface area (Å²) >= 11 is 0. The van der Waals surface area contributed by atoms with Crippen molar-refractivity contribution in [3.05, 3.63) is 23.8 Å². The van der Waals surface area contributed by atoms with Crippen LogP contribution in [0.2, 0.25) is 0 Å². The van der Waals surface area contributed by atoms with Crippen LogP contribution >= 0.6 is 0 Å². The molecule has 0 aromatic heterocycles. The number of amides is 1. The van der Waals surface area contributed by atoms with Gasteiger partial charge in [-0.15, -0.1) is 0 Å². The van der Waals surface area contributed by atoms with E-state index in [9.17, 15) is 14.7 Å². The number of benzene rings is 1. The summed E-state index contributed by atoms with van der Waals surface area (Å²) in [6.07, 6.45) is 7.15. The fourth-order valence-electron chi connectivity index (χ4n) is 2.05. The van der Waals surface area contributed by atoms with Gasteiger partial charge in [0.2, 0.25) is 6.41 Å². The highest BCUT2D eigenvalue weighted by molar-refractivity contribution is 5.91. The van der Waals surface area contributed by atoms with E-state index in [0.29, 0.717) is 18.7 Å². The van der Waals surface area contributed by atoms with Gasteiger partial charge >= 0.3 is 5.97 Å². The number of carbonyl (C=O) groups excluding carboxylic acids is 1. The average Bonchev–Trinajstić information content (AvgIpc) is 2.49. The lowest BCUT2D eigenvalue weighted by molar-refractivity contribution is -0.114. The minimum Gasteiger partial charge on any atom is -0.507 e. The molecular formula is C16H27NO7. The molecule has 1 amide bonds. The normalized spacial score (nSPS) is 9.54. The molecule has 8 nitrogen and oxygen atoms in total. The summed E-state index contributed by atoms with van der Waals surface area (Å²) in [5, 5.41) is 19.5. The maximum atomic E-state index is 11.0. The van der Waals surface area contributed by atoms with E-state index in [1.807, 2.05) is 0 Å². The van der Waals surface area contributed by atoms with E-state index in [1.54, 1.807) is 0 Å². The lowest BCUT2D eigenvalue weighted by Gasteiger charge is -2.17. The predicted octanol–water partition coefficient (Wildman–Crippen LogP) is 1.70. The number of carboxylic acids is 1. The Morgan fingerprint density at radius 1 is 1.17 bits per heavy atom. The zero-order valence-electron chi connectivity index (χ0n) is 13.8. The van der Waals surface area contributed by atoms with Gasteiger partial charge in [-0.2, -0.15) is 5.06 Å². The van der Waals surface area contributed by atoms with Gasteiger partial charge in [0.1, 0.15) is 11.3 Å². The third-order valence-corrected chi connectivity index (χ3v) is 3.29. The number of rotatable bonds is 11. The predicted molar refractivity (Wildman–Crippen MR) is 90.2 cm³/mol. The fourth-order valence-corrected chi connectivity index (χ4v) is 2.05. The monoisotopic (exact) mass is 345 g/mol. The molecule has 0 heterocycles. The SMILES string of the molecule is CCCCCCCCON(C=O)c1ccc(C(=O)O)c(O)c1.O.O. The van der Waals surface area contributed by atoms with E-state index < -0.39 is 11.7 Å². The van der Waals surface area contributed by atoms with Crippen molar-refractivity contribution in [2.75, 3.05) is 11.7 Å². The van der Waals surface area contributed by atoms with Crippen molar-refractivity contribution >= 4 is 18.1 Å². The molecule has 0 saturated carbocycles. The van der Waals surface area contributed by atoms with Crippen molar-refractivity contribution in [1.82, 2.24) is 0 Å². The summed E-state index contributed by atoms with van der Waals surface area (Å²) in [5.74, 6) is -1.63. The highest BCUT2D eigenvalue weighted by Gasteiger charge is 2.13. The summed E-state index contributed by atoms with van der Waals surface area (Å²) in [6, 6.07) is 3.84. The zero-order chi connectivity index (χ0) is 16.4.